The molecule has 2 aromatic heterocycles. The van der Waals surface area contributed by atoms with Crippen LogP contribution in [0, 0.1) is 13.1 Å². The first-order valence-corrected chi connectivity index (χ1v) is 3.05. The smallest absolute Gasteiger partial charge is 0.396 e. The van der Waals surface area contributed by atoms with Crippen LogP contribution in [0.25, 0.3) is 5.78 Å². The van der Waals surface area contributed by atoms with Crippen LogP contribution in [0.1, 0.15) is 5.69 Å². The van der Waals surface area contributed by atoms with Crippen LogP contribution >= 0.6 is 0 Å². The van der Waals surface area contributed by atoms with Crippen LogP contribution in [-0.4, -0.2) is 14.4 Å². The van der Waals surface area contributed by atoms with E-state index in [0.29, 0.717) is 5.78 Å². The number of fused-ring (bicyclic) bond motifs is 1. The fraction of sp³-hybridized carbons (Fsp3) is 0.143. The van der Waals surface area contributed by atoms with Crippen molar-refractivity contribution < 1.29 is 58.2 Å². The molecule has 11 heavy (non-hydrogen) atoms. The van der Waals surface area contributed by atoms with Crippen LogP contribution in [0.5, 0.6) is 0 Å². The van der Waals surface area contributed by atoms with E-state index >= 15 is 0 Å². The molecule has 0 unspecified atom stereocenters. The quantitative estimate of drug-likeness (QED) is 0.471. The molecule has 0 atom stereocenters. The van der Waals surface area contributed by atoms with Crippen LogP contribution in [-0.2, 0) is 0 Å². The van der Waals surface area contributed by atoms with E-state index < -0.39 is 0 Å². The van der Waals surface area contributed by atoms with Crippen molar-refractivity contribution in [3.8, 4) is 0 Å². The second kappa shape index (κ2) is 3.89. The van der Waals surface area contributed by atoms with Crippen molar-refractivity contribution in [1.82, 2.24) is 14.4 Å². The van der Waals surface area contributed by atoms with E-state index in [9.17, 15) is 0 Å². The van der Waals surface area contributed by atoms with Gasteiger partial charge in [0.2, 0.25) is 0 Å². The zero-order valence-corrected chi connectivity index (χ0v) is 11.5. The fourth-order valence-corrected chi connectivity index (χ4v) is 0.903. The number of imidazole rings is 1. The zero-order chi connectivity index (χ0) is 6.97. The molecule has 2 aromatic rings. The van der Waals surface area contributed by atoms with Gasteiger partial charge in [-0.25, -0.2) is 0 Å². The molecule has 50 valence electrons. The van der Waals surface area contributed by atoms with E-state index in [1.54, 1.807) is 12.3 Å². The van der Waals surface area contributed by atoms with Crippen molar-refractivity contribution in [2.24, 2.45) is 0 Å². The molecule has 4 heteroatoms. The SMILES string of the molecule is Cc1cnc2n[c-]ccn12.[Rb+]. The summed E-state index contributed by atoms with van der Waals surface area (Å²) in [5.74, 6) is 0.708. The summed E-state index contributed by atoms with van der Waals surface area (Å²) in [4.78, 5) is 7.97. The van der Waals surface area contributed by atoms with Gasteiger partial charge in [0.05, 0.1) is 0 Å². The van der Waals surface area contributed by atoms with Crippen molar-refractivity contribution >= 4 is 5.78 Å². The molecule has 3 nitrogen and oxygen atoms in total. The second-order valence-electron chi connectivity index (χ2n) is 2.13. The minimum absolute atomic E-state index is 0. The van der Waals surface area contributed by atoms with E-state index in [1.165, 1.54) is 0 Å². The first-order chi connectivity index (χ1) is 4.88. The maximum atomic E-state index is 4.04. The van der Waals surface area contributed by atoms with Crippen molar-refractivity contribution in [1.29, 1.82) is 0 Å². The van der Waals surface area contributed by atoms with Gasteiger partial charge in [0.25, 0.3) is 0 Å². The number of rotatable bonds is 0. The van der Waals surface area contributed by atoms with Gasteiger partial charge in [-0.1, -0.05) is 12.4 Å². The zero-order valence-electron chi connectivity index (χ0n) is 6.57. The number of nitrogens with zero attached hydrogens (tertiary/aromatic N) is 3. The van der Waals surface area contributed by atoms with Crippen LogP contribution in [0.15, 0.2) is 18.5 Å². The Morgan fingerprint density at radius 1 is 1.55 bits per heavy atom. The molecular formula is C7H6N3Rb. The molecule has 2 rings (SSSR count). The van der Waals surface area contributed by atoms with Crippen LogP contribution in [0.3, 0.4) is 0 Å². The Hall–Kier alpha value is 0.425. The van der Waals surface area contributed by atoms with Crippen LogP contribution in [0.2, 0.25) is 0 Å². The third-order valence-corrected chi connectivity index (χ3v) is 1.43. The molecule has 0 amide bonds. The van der Waals surface area contributed by atoms with E-state index in [2.05, 4.69) is 16.2 Å². The average molecular weight is 218 g/mol. The van der Waals surface area contributed by atoms with Crippen molar-refractivity contribution in [3.05, 3.63) is 30.4 Å². The molecule has 0 aliphatic heterocycles. The Morgan fingerprint density at radius 2 is 2.36 bits per heavy atom. The van der Waals surface area contributed by atoms with E-state index in [0.717, 1.165) is 5.69 Å². The molecule has 0 bridgehead atoms. The van der Waals surface area contributed by atoms with Gasteiger partial charge >= 0.3 is 58.2 Å². The van der Waals surface area contributed by atoms with E-state index in [4.69, 9.17) is 0 Å². The summed E-state index contributed by atoms with van der Waals surface area (Å²) in [6.07, 6.45) is 6.40. The predicted molar refractivity (Wildman–Crippen MR) is 36.6 cm³/mol. The molecular weight excluding hydrogens is 212 g/mol. The summed E-state index contributed by atoms with van der Waals surface area (Å²) in [6, 6.07) is 1.77. The van der Waals surface area contributed by atoms with Crippen molar-refractivity contribution in [2.45, 2.75) is 6.92 Å². The predicted octanol–water partition coefficient (Wildman–Crippen LogP) is -2.16. The van der Waals surface area contributed by atoms with Gasteiger partial charge in [-0.3, -0.25) is 4.98 Å². The molecule has 0 spiro atoms. The molecule has 0 saturated heterocycles. The van der Waals surface area contributed by atoms with E-state index in [-0.39, 0.29) is 58.2 Å². The van der Waals surface area contributed by atoms with Gasteiger partial charge < -0.3 is 9.38 Å². The molecule has 0 radical (unpaired) electrons. The molecule has 2 heterocycles. The van der Waals surface area contributed by atoms with Gasteiger partial charge in [-0.2, -0.15) is 0 Å². The summed E-state index contributed by atoms with van der Waals surface area (Å²) in [7, 11) is 0. The summed E-state index contributed by atoms with van der Waals surface area (Å²) < 4.78 is 1.91. The second-order valence-corrected chi connectivity index (χ2v) is 2.13. The largest absolute Gasteiger partial charge is 1.00 e. The third-order valence-electron chi connectivity index (χ3n) is 1.43. The van der Waals surface area contributed by atoms with Gasteiger partial charge in [-0.05, 0) is 6.92 Å². The maximum Gasteiger partial charge on any atom is 1.00 e. The first-order valence-electron chi connectivity index (χ1n) is 3.05. The summed E-state index contributed by atoms with van der Waals surface area (Å²) in [5.41, 5.74) is 1.09. The Labute approximate surface area is 114 Å². The van der Waals surface area contributed by atoms with Gasteiger partial charge in [-0.15, -0.1) is 6.07 Å². The van der Waals surface area contributed by atoms with Crippen molar-refractivity contribution in [2.75, 3.05) is 0 Å². The number of aryl methyl sites for hydroxylation is 1. The monoisotopic (exact) mass is 217 g/mol. The first kappa shape index (κ1) is 9.51. The number of hydrogen-bond donors (Lipinski definition) is 0. The Morgan fingerprint density at radius 3 is 3.09 bits per heavy atom. The maximum absolute atomic E-state index is 4.04. The third kappa shape index (κ3) is 1.77. The minimum atomic E-state index is 0. The average Bonchev–Trinajstić information content (AvgIpc) is 2.34. The Bertz CT molecular complexity index is 355. The van der Waals surface area contributed by atoms with E-state index in [1.807, 2.05) is 17.5 Å². The molecule has 0 aliphatic carbocycles. The van der Waals surface area contributed by atoms with Gasteiger partial charge in [0, 0.05) is 11.9 Å². The summed E-state index contributed by atoms with van der Waals surface area (Å²) in [5, 5.41) is 0. The normalized spacial score (nSPS) is 9.55. The Balaban J connectivity index is 0.000000605. The molecule has 0 N–H and O–H groups in total. The fourth-order valence-electron chi connectivity index (χ4n) is 0.903. The Kier molecular flexibility index (Phi) is 3.37. The molecule has 0 aliphatic rings. The molecule has 0 aromatic carbocycles. The summed E-state index contributed by atoms with van der Waals surface area (Å²) >= 11 is 0. The molecule has 0 fully saturated rings. The van der Waals surface area contributed by atoms with Crippen LogP contribution < -0.4 is 58.2 Å². The molecule has 0 saturated carbocycles. The summed E-state index contributed by atoms with van der Waals surface area (Å²) in [6.45, 7) is 1.99. The topological polar surface area (TPSA) is 30.2 Å². The minimum Gasteiger partial charge on any atom is -0.396 e. The number of hydrogen-bond acceptors (Lipinski definition) is 2. The van der Waals surface area contributed by atoms with Crippen LogP contribution in [0.4, 0.5) is 0 Å². The van der Waals surface area contributed by atoms with Gasteiger partial charge in [0.1, 0.15) is 5.78 Å². The standard InChI is InChI=1S/C7H6N3.Rb/c1-6-5-9-7-8-3-2-4-10(6)7;/h2,4-5H,1H3;/q-1;+1. The van der Waals surface area contributed by atoms with Crippen molar-refractivity contribution in [3.63, 3.8) is 0 Å². The number of aromatic nitrogens is 3. The van der Waals surface area contributed by atoms with Gasteiger partial charge in [0.15, 0.2) is 0 Å².